The molecule has 1 heterocycles. The predicted molar refractivity (Wildman–Crippen MR) is 166 cm³/mol. The summed E-state index contributed by atoms with van der Waals surface area (Å²) in [5, 5.41) is 33.2. The quantitative estimate of drug-likeness (QED) is 0.126. The number of amides is 1. The van der Waals surface area contributed by atoms with Gasteiger partial charge in [-0.1, -0.05) is 82.7 Å². The van der Waals surface area contributed by atoms with Gasteiger partial charge in [0.15, 0.2) is 5.11 Å². The first kappa shape index (κ1) is 28.5. The number of ketones is 1. The molecule has 3 atom stereocenters. The van der Waals surface area contributed by atoms with E-state index in [1.54, 1.807) is 6.07 Å². The Balaban J connectivity index is 1.42. The second-order valence-corrected chi connectivity index (χ2v) is 11.4. The molecule has 0 aromatic heterocycles. The van der Waals surface area contributed by atoms with Gasteiger partial charge in [-0.3, -0.25) is 19.7 Å². The van der Waals surface area contributed by atoms with Gasteiger partial charge in [0.25, 0.3) is 11.5 Å². The standard InChI is InChI=1S/C31H23BrN4O6S/c32-19-14-15-22-25(17-19)42-31(39)26-21(12-7-13-24(26)36(40)41)27(37)30(22,31)35-28(38)23(16-18-8-3-1-4-9-18)34-29(43)33-20-10-5-2-6-11-20/h1-15,17,23,39H,16H2,(H,35,38)(H2,33,34,43)/t23?,30-,31-/m0/s1. The molecule has 0 bridgehead atoms. The molecule has 216 valence electrons. The van der Waals surface area contributed by atoms with Crippen LogP contribution in [0, 0.1) is 10.1 Å². The Hall–Kier alpha value is -4.65. The Morgan fingerprint density at radius 2 is 1.72 bits per heavy atom. The number of Topliss-reactive ketones (excluding diaryl/α,β-unsaturated/α-hetero) is 1. The fourth-order valence-electron chi connectivity index (χ4n) is 5.65. The van der Waals surface area contributed by atoms with Crippen LogP contribution in [0.25, 0.3) is 0 Å². The average molecular weight is 660 g/mol. The van der Waals surface area contributed by atoms with Gasteiger partial charge in [-0.2, -0.15) is 0 Å². The minimum atomic E-state index is -2.61. The SMILES string of the molecule is O=C(N[C@@]12C(=O)c3cccc([N+](=O)[O-])c3[C@]1(O)Oc1cc(Br)ccc12)C(Cc1ccccc1)NC(=S)Nc1ccccc1. The van der Waals surface area contributed by atoms with Gasteiger partial charge >= 0.3 is 0 Å². The molecular weight excluding hydrogens is 636 g/mol. The van der Waals surface area contributed by atoms with E-state index >= 15 is 0 Å². The fraction of sp³-hybridized carbons (Fsp3) is 0.129. The van der Waals surface area contributed by atoms with Gasteiger partial charge in [0.2, 0.25) is 17.2 Å². The number of nitro benzene ring substituents is 1. The van der Waals surface area contributed by atoms with Crippen LogP contribution >= 0.6 is 28.1 Å². The molecule has 6 rings (SSSR count). The number of halogens is 1. The lowest BCUT2D eigenvalue weighted by Crippen LogP contribution is -2.63. The Bertz CT molecular complexity index is 1790. The van der Waals surface area contributed by atoms with Crippen LogP contribution in [0.15, 0.2) is 102 Å². The summed E-state index contributed by atoms with van der Waals surface area (Å²) in [4.78, 5) is 39.8. The van der Waals surface area contributed by atoms with Crippen molar-refractivity contribution in [2.75, 3.05) is 5.32 Å². The van der Waals surface area contributed by atoms with Crippen LogP contribution in [0.4, 0.5) is 11.4 Å². The molecule has 0 radical (unpaired) electrons. The van der Waals surface area contributed by atoms with Crippen molar-refractivity contribution in [1.29, 1.82) is 0 Å². The number of hydrogen-bond acceptors (Lipinski definition) is 7. The van der Waals surface area contributed by atoms with Crippen molar-refractivity contribution in [3.05, 3.63) is 134 Å². The molecule has 4 N–H and O–H groups in total. The lowest BCUT2D eigenvalue weighted by atomic mass is 9.82. The number of para-hydroxylation sites is 1. The van der Waals surface area contributed by atoms with Crippen LogP contribution in [0.2, 0.25) is 0 Å². The summed E-state index contributed by atoms with van der Waals surface area (Å²) in [5.74, 6) is -3.96. The van der Waals surface area contributed by atoms with E-state index < -0.39 is 39.7 Å². The molecule has 10 nitrogen and oxygen atoms in total. The fourth-order valence-corrected chi connectivity index (χ4v) is 6.25. The number of carbonyl (C=O) groups excluding carboxylic acids is 2. The molecule has 1 unspecified atom stereocenters. The summed E-state index contributed by atoms with van der Waals surface area (Å²) >= 11 is 8.88. The second-order valence-electron chi connectivity index (χ2n) is 10.1. The van der Waals surface area contributed by atoms with E-state index in [1.807, 2.05) is 60.7 Å². The lowest BCUT2D eigenvalue weighted by molar-refractivity contribution is -0.388. The number of nitrogens with one attached hydrogen (secondary N) is 3. The number of fused-ring (bicyclic) bond motifs is 5. The van der Waals surface area contributed by atoms with E-state index in [9.17, 15) is 24.8 Å². The Kier molecular flexibility index (Phi) is 7.20. The number of aliphatic hydroxyl groups is 1. The van der Waals surface area contributed by atoms with Crippen molar-refractivity contribution in [1.82, 2.24) is 10.6 Å². The van der Waals surface area contributed by atoms with Gasteiger partial charge in [0.1, 0.15) is 17.4 Å². The van der Waals surface area contributed by atoms with E-state index in [0.717, 1.165) is 5.56 Å². The molecule has 43 heavy (non-hydrogen) atoms. The third kappa shape index (κ3) is 4.73. The van der Waals surface area contributed by atoms with Crippen molar-refractivity contribution in [3.8, 4) is 5.75 Å². The maximum absolute atomic E-state index is 14.3. The van der Waals surface area contributed by atoms with Gasteiger partial charge in [0, 0.05) is 33.8 Å². The van der Waals surface area contributed by atoms with Crippen molar-refractivity contribution in [3.63, 3.8) is 0 Å². The first-order valence-corrected chi connectivity index (χ1v) is 14.4. The van der Waals surface area contributed by atoms with Crippen LogP contribution in [-0.4, -0.2) is 32.9 Å². The lowest BCUT2D eigenvalue weighted by Gasteiger charge is -2.35. The highest BCUT2D eigenvalue weighted by Gasteiger charge is 2.73. The van der Waals surface area contributed by atoms with E-state index in [1.165, 1.54) is 30.3 Å². The van der Waals surface area contributed by atoms with Gasteiger partial charge in [-0.25, -0.2) is 0 Å². The van der Waals surface area contributed by atoms with Crippen molar-refractivity contribution < 1.29 is 24.4 Å². The average Bonchev–Trinajstić information content (AvgIpc) is 3.34. The van der Waals surface area contributed by atoms with Crippen LogP contribution in [0.1, 0.15) is 27.0 Å². The summed E-state index contributed by atoms with van der Waals surface area (Å²) in [7, 11) is 0. The molecule has 1 aliphatic heterocycles. The number of benzene rings is 4. The molecule has 1 amide bonds. The monoisotopic (exact) mass is 658 g/mol. The number of thiocarbonyl (C=S) groups is 1. The molecule has 0 saturated carbocycles. The highest BCUT2D eigenvalue weighted by atomic mass is 79.9. The molecular formula is C31H23BrN4O6S. The molecule has 12 heteroatoms. The number of carbonyl (C=O) groups is 2. The number of ether oxygens (including phenoxy) is 1. The molecule has 4 aromatic carbocycles. The number of anilines is 1. The summed E-state index contributed by atoms with van der Waals surface area (Å²) in [6.07, 6.45) is 0.160. The summed E-state index contributed by atoms with van der Waals surface area (Å²) in [6.45, 7) is 0. The largest absolute Gasteiger partial charge is 0.454 e. The minimum absolute atomic E-state index is 0.0863. The van der Waals surface area contributed by atoms with E-state index in [4.69, 9.17) is 17.0 Å². The summed E-state index contributed by atoms with van der Waals surface area (Å²) in [5.41, 5.74) is -1.53. The molecule has 2 aliphatic rings. The maximum atomic E-state index is 14.3. The zero-order chi connectivity index (χ0) is 30.4. The van der Waals surface area contributed by atoms with Crippen molar-refractivity contribution >= 4 is 56.3 Å². The highest BCUT2D eigenvalue weighted by molar-refractivity contribution is 9.10. The summed E-state index contributed by atoms with van der Waals surface area (Å²) in [6, 6.07) is 25.9. The van der Waals surface area contributed by atoms with E-state index in [2.05, 4.69) is 31.9 Å². The maximum Gasteiger partial charge on any atom is 0.280 e. The van der Waals surface area contributed by atoms with Crippen molar-refractivity contribution in [2.24, 2.45) is 0 Å². The smallest absolute Gasteiger partial charge is 0.280 e. The number of hydrogen-bond donors (Lipinski definition) is 4. The summed E-state index contributed by atoms with van der Waals surface area (Å²) < 4.78 is 6.55. The van der Waals surface area contributed by atoms with Gasteiger partial charge in [0.05, 0.1) is 4.92 Å². The van der Waals surface area contributed by atoms with Gasteiger partial charge in [-0.15, -0.1) is 0 Å². The molecule has 4 aromatic rings. The van der Waals surface area contributed by atoms with Crippen LogP contribution < -0.4 is 20.7 Å². The van der Waals surface area contributed by atoms with Gasteiger partial charge in [-0.05, 0) is 42.0 Å². The predicted octanol–water partition coefficient (Wildman–Crippen LogP) is 4.70. The topological polar surface area (TPSA) is 143 Å². The first-order chi connectivity index (χ1) is 20.6. The molecule has 0 saturated heterocycles. The number of rotatable bonds is 7. The zero-order valence-electron chi connectivity index (χ0n) is 22.2. The van der Waals surface area contributed by atoms with Gasteiger partial charge < -0.3 is 25.8 Å². The minimum Gasteiger partial charge on any atom is -0.454 e. The van der Waals surface area contributed by atoms with Crippen molar-refractivity contribution in [2.45, 2.75) is 23.8 Å². The van der Waals surface area contributed by atoms with E-state index in [0.29, 0.717) is 10.2 Å². The Labute approximate surface area is 259 Å². The first-order valence-electron chi connectivity index (χ1n) is 13.2. The third-order valence-electron chi connectivity index (χ3n) is 7.52. The zero-order valence-corrected chi connectivity index (χ0v) is 24.6. The second kappa shape index (κ2) is 10.9. The molecule has 0 spiro atoms. The third-order valence-corrected chi connectivity index (χ3v) is 8.24. The molecule has 0 fully saturated rings. The Morgan fingerprint density at radius 1 is 1.02 bits per heavy atom. The normalized spacial score (nSPS) is 20.2. The number of nitrogens with zero attached hydrogens (tertiary/aromatic N) is 1. The molecule has 1 aliphatic carbocycles. The Morgan fingerprint density at radius 3 is 2.42 bits per heavy atom. The van der Waals surface area contributed by atoms with Crippen LogP contribution in [-0.2, 0) is 22.5 Å². The number of nitro groups is 1. The van der Waals surface area contributed by atoms with Crippen LogP contribution in [0.5, 0.6) is 5.75 Å². The highest BCUT2D eigenvalue weighted by Crippen LogP contribution is 2.60. The van der Waals surface area contributed by atoms with Crippen LogP contribution in [0.3, 0.4) is 0 Å². The van der Waals surface area contributed by atoms with E-state index in [-0.39, 0.29) is 34.0 Å².